The number of H-pyrrole nitrogens is 1. The minimum Gasteiger partial charge on any atom is -0.325 e. The molecule has 118 valence electrons. The Labute approximate surface area is 133 Å². The van der Waals surface area contributed by atoms with E-state index in [1.165, 1.54) is 11.8 Å². The predicted octanol–water partition coefficient (Wildman–Crippen LogP) is 2.33. The Morgan fingerprint density at radius 3 is 2.86 bits per heavy atom. The molecule has 7 heteroatoms. The summed E-state index contributed by atoms with van der Waals surface area (Å²) in [5.74, 6) is 0.0943. The number of carbonyl (C=O) groups is 1. The number of benzene rings is 1. The van der Waals surface area contributed by atoms with Crippen LogP contribution in [-0.2, 0) is 11.3 Å². The third-order valence-corrected chi connectivity index (χ3v) is 4.14. The van der Waals surface area contributed by atoms with E-state index >= 15 is 0 Å². The number of carbonyl (C=O) groups excluding carboxylic acids is 1. The van der Waals surface area contributed by atoms with Gasteiger partial charge in [-0.3, -0.25) is 9.36 Å². The third kappa shape index (κ3) is 4.00. The number of nitrogens with one attached hydrogen (secondary N) is 2. The first-order valence-electron chi connectivity index (χ1n) is 7.16. The highest BCUT2D eigenvalue weighted by Crippen LogP contribution is 2.18. The largest absolute Gasteiger partial charge is 0.343 e. The van der Waals surface area contributed by atoms with E-state index in [1.807, 2.05) is 39.0 Å². The van der Waals surface area contributed by atoms with Crippen LogP contribution in [-0.4, -0.2) is 26.4 Å². The van der Waals surface area contributed by atoms with Crippen molar-refractivity contribution in [3.05, 3.63) is 39.8 Å². The van der Waals surface area contributed by atoms with E-state index in [9.17, 15) is 9.59 Å². The SMILES string of the molecule is CCCn1c(SCC(=O)Nc2ccc(C)cc2C)n[nH]c1=O. The van der Waals surface area contributed by atoms with Crippen LogP contribution in [0.2, 0.25) is 0 Å². The van der Waals surface area contributed by atoms with E-state index in [1.54, 1.807) is 4.57 Å². The molecule has 0 aliphatic heterocycles. The molecule has 0 saturated heterocycles. The molecule has 0 bridgehead atoms. The van der Waals surface area contributed by atoms with Crippen molar-refractivity contribution in [1.82, 2.24) is 14.8 Å². The van der Waals surface area contributed by atoms with Crippen LogP contribution in [0.1, 0.15) is 24.5 Å². The average Bonchev–Trinajstić information content (AvgIpc) is 2.81. The van der Waals surface area contributed by atoms with Gasteiger partial charge in [0.15, 0.2) is 5.16 Å². The fourth-order valence-electron chi connectivity index (χ4n) is 2.10. The van der Waals surface area contributed by atoms with Gasteiger partial charge in [0.05, 0.1) is 5.75 Å². The lowest BCUT2D eigenvalue weighted by Crippen LogP contribution is -2.18. The number of aromatic nitrogens is 3. The number of amides is 1. The van der Waals surface area contributed by atoms with Crippen LogP contribution in [0, 0.1) is 13.8 Å². The predicted molar refractivity (Wildman–Crippen MR) is 88.4 cm³/mol. The first-order chi connectivity index (χ1) is 10.5. The molecular weight excluding hydrogens is 300 g/mol. The van der Waals surface area contributed by atoms with Crippen molar-refractivity contribution < 1.29 is 4.79 Å². The maximum absolute atomic E-state index is 12.0. The summed E-state index contributed by atoms with van der Waals surface area (Å²) in [6.45, 7) is 6.55. The molecule has 6 nitrogen and oxygen atoms in total. The highest BCUT2D eigenvalue weighted by Gasteiger charge is 2.11. The van der Waals surface area contributed by atoms with Crippen LogP contribution in [0.15, 0.2) is 28.2 Å². The van der Waals surface area contributed by atoms with Crippen LogP contribution >= 0.6 is 11.8 Å². The van der Waals surface area contributed by atoms with E-state index in [0.717, 1.165) is 23.2 Å². The quantitative estimate of drug-likeness (QED) is 0.801. The molecule has 1 aromatic carbocycles. The Balaban J connectivity index is 1.97. The maximum Gasteiger partial charge on any atom is 0.343 e. The average molecular weight is 320 g/mol. The molecule has 0 fully saturated rings. The standard InChI is InChI=1S/C15H20N4O2S/c1-4-7-19-14(21)17-18-15(19)22-9-13(20)16-12-6-5-10(2)8-11(12)3/h5-6,8H,4,7,9H2,1-3H3,(H,16,20)(H,17,21). The van der Waals surface area contributed by atoms with Crippen molar-refractivity contribution in [3.63, 3.8) is 0 Å². The molecule has 0 radical (unpaired) electrons. The summed E-state index contributed by atoms with van der Waals surface area (Å²) in [7, 11) is 0. The molecular formula is C15H20N4O2S. The Morgan fingerprint density at radius 2 is 2.18 bits per heavy atom. The van der Waals surface area contributed by atoms with Gasteiger partial charge in [-0.1, -0.05) is 36.4 Å². The second-order valence-electron chi connectivity index (χ2n) is 5.12. The number of rotatable bonds is 6. The number of hydrogen-bond donors (Lipinski definition) is 2. The number of thioether (sulfide) groups is 1. The van der Waals surface area contributed by atoms with Crippen LogP contribution in [0.4, 0.5) is 5.69 Å². The Bertz CT molecular complexity index is 721. The lowest BCUT2D eigenvalue weighted by molar-refractivity contribution is -0.113. The van der Waals surface area contributed by atoms with Gasteiger partial charge in [-0.25, -0.2) is 9.89 Å². The highest BCUT2D eigenvalue weighted by atomic mass is 32.2. The molecule has 0 unspecified atom stereocenters. The summed E-state index contributed by atoms with van der Waals surface area (Å²) in [6.07, 6.45) is 0.835. The topological polar surface area (TPSA) is 79.8 Å². The molecule has 2 aromatic rings. The van der Waals surface area contributed by atoms with Crippen LogP contribution in [0.25, 0.3) is 0 Å². The number of anilines is 1. The molecule has 0 atom stereocenters. The van der Waals surface area contributed by atoms with Crippen molar-refractivity contribution in [2.45, 2.75) is 38.9 Å². The van der Waals surface area contributed by atoms with Gasteiger partial charge in [0.25, 0.3) is 0 Å². The van der Waals surface area contributed by atoms with Gasteiger partial charge < -0.3 is 5.32 Å². The van der Waals surface area contributed by atoms with E-state index < -0.39 is 0 Å². The van der Waals surface area contributed by atoms with Crippen molar-refractivity contribution in [3.8, 4) is 0 Å². The van der Waals surface area contributed by atoms with Crippen molar-refractivity contribution >= 4 is 23.4 Å². The van der Waals surface area contributed by atoms with E-state index in [0.29, 0.717) is 11.7 Å². The molecule has 0 aliphatic carbocycles. The highest BCUT2D eigenvalue weighted by molar-refractivity contribution is 7.99. The number of hydrogen-bond acceptors (Lipinski definition) is 4. The normalized spacial score (nSPS) is 10.7. The third-order valence-electron chi connectivity index (χ3n) is 3.16. The molecule has 1 aromatic heterocycles. The van der Waals surface area contributed by atoms with Gasteiger partial charge in [-0.05, 0) is 31.9 Å². The molecule has 22 heavy (non-hydrogen) atoms. The summed E-state index contributed by atoms with van der Waals surface area (Å²) in [6, 6.07) is 5.88. The van der Waals surface area contributed by atoms with Gasteiger partial charge in [0.2, 0.25) is 5.91 Å². The Morgan fingerprint density at radius 1 is 1.41 bits per heavy atom. The summed E-state index contributed by atoms with van der Waals surface area (Å²) >= 11 is 1.25. The zero-order valence-electron chi connectivity index (χ0n) is 13.0. The summed E-state index contributed by atoms with van der Waals surface area (Å²) in [5, 5.41) is 9.79. The number of nitrogens with zero attached hydrogens (tertiary/aromatic N) is 2. The second-order valence-corrected chi connectivity index (χ2v) is 6.06. The minimum absolute atomic E-state index is 0.115. The summed E-state index contributed by atoms with van der Waals surface area (Å²) in [5.41, 5.74) is 2.76. The van der Waals surface area contributed by atoms with Crippen LogP contribution in [0.5, 0.6) is 0 Å². The Kier molecular flexibility index (Phi) is 5.43. The first-order valence-corrected chi connectivity index (χ1v) is 8.15. The van der Waals surface area contributed by atoms with Crippen LogP contribution in [0.3, 0.4) is 0 Å². The maximum atomic E-state index is 12.0. The van der Waals surface area contributed by atoms with Gasteiger partial charge in [0.1, 0.15) is 0 Å². The molecule has 0 spiro atoms. The lowest BCUT2D eigenvalue weighted by Gasteiger charge is -2.09. The zero-order valence-corrected chi connectivity index (χ0v) is 13.8. The zero-order chi connectivity index (χ0) is 16.1. The van der Waals surface area contributed by atoms with E-state index in [-0.39, 0.29) is 17.3 Å². The fourth-order valence-corrected chi connectivity index (χ4v) is 2.88. The minimum atomic E-state index is -0.237. The van der Waals surface area contributed by atoms with Crippen molar-refractivity contribution in [2.75, 3.05) is 11.1 Å². The van der Waals surface area contributed by atoms with Crippen molar-refractivity contribution in [1.29, 1.82) is 0 Å². The van der Waals surface area contributed by atoms with E-state index in [2.05, 4.69) is 15.5 Å². The van der Waals surface area contributed by atoms with Crippen LogP contribution < -0.4 is 11.0 Å². The number of aromatic amines is 1. The van der Waals surface area contributed by atoms with Gasteiger partial charge >= 0.3 is 5.69 Å². The molecule has 2 N–H and O–H groups in total. The monoisotopic (exact) mass is 320 g/mol. The molecule has 2 rings (SSSR count). The first kappa shape index (κ1) is 16.4. The molecule has 0 aliphatic rings. The Hall–Kier alpha value is -2.02. The smallest absolute Gasteiger partial charge is 0.325 e. The van der Waals surface area contributed by atoms with Gasteiger partial charge in [-0.15, -0.1) is 5.10 Å². The molecule has 0 saturated carbocycles. The fraction of sp³-hybridized carbons (Fsp3) is 0.400. The summed E-state index contributed by atoms with van der Waals surface area (Å²) in [4.78, 5) is 23.6. The lowest BCUT2D eigenvalue weighted by atomic mass is 10.1. The van der Waals surface area contributed by atoms with E-state index in [4.69, 9.17) is 0 Å². The number of aryl methyl sites for hydroxylation is 2. The van der Waals surface area contributed by atoms with Gasteiger partial charge in [-0.2, -0.15) is 0 Å². The van der Waals surface area contributed by atoms with Crippen molar-refractivity contribution in [2.24, 2.45) is 0 Å². The molecule has 1 heterocycles. The second kappa shape index (κ2) is 7.31. The summed E-state index contributed by atoms with van der Waals surface area (Å²) < 4.78 is 1.55. The van der Waals surface area contributed by atoms with Gasteiger partial charge in [0, 0.05) is 12.2 Å². The molecule has 1 amide bonds.